The number of halogens is 1. The van der Waals surface area contributed by atoms with Crippen LogP contribution in [0.25, 0.3) is 0 Å². The van der Waals surface area contributed by atoms with Gasteiger partial charge in [-0.3, -0.25) is 4.90 Å². The zero-order valence-corrected chi connectivity index (χ0v) is 9.75. The molecule has 0 aliphatic heterocycles. The lowest BCUT2D eigenvalue weighted by Crippen LogP contribution is -2.24. The molecule has 0 atom stereocenters. The predicted octanol–water partition coefficient (Wildman–Crippen LogP) is 3.58. The topological polar surface area (TPSA) is 40.5 Å². The first kappa shape index (κ1) is 11.9. The monoisotopic (exact) mass is 227 g/mol. The summed E-state index contributed by atoms with van der Waals surface area (Å²) in [4.78, 5) is 11.9. The smallest absolute Gasteiger partial charge is 0.411 e. The lowest BCUT2D eigenvalue weighted by Gasteiger charge is -2.18. The number of nitrogens with zero attached hydrogens (tertiary/aromatic N) is 1. The molecule has 1 amide bonds. The normalized spacial score (nSPS) is 10.5. The molecule has 4 heteroatoms. The molecule has 0 aliphatic rings. The molecule has 0 saturated carbocycles. The number of carbonyl (C=O) groups is 1. The van der Waals surface area contributed by atoms with E-state index in [1.165, 1.54) is 7.05 Å². The molecule has 0 saturated heterocycles. The van der Waals surface area contributed by atoms with E-state index in [0.717, 1.165) is 10.5 Å². The molecule has 1 aromatic carbocycles. The van der Waals surface area contributed by atoms with Crippen LogP contribution in [0.3, 0.4) is 0 Å². The van der Waals surface area contributed by atoms with E-state index in [9.17, 15) is 4.79 Å². The molecule has 0 unspecified atom stereocenters. The van der Waals surface area contributed by atoms with Crippen molar-refractivity contribution in [1.29, 1.82) is 0 Å². The number of hydrogen-bond acceptors (Lipinski definition) is 1. The van der Waals surface area contributed by atoms with Crippen molar-refractivity contribution in [1.82, 2.24) is 0 Å². The van der Waals surface area contributed by atoms with Crippen molar-refractivity contribution >= 4 is 23.4 Å². The maximum absolute atomic E-state index is 10.8. The number of carboxylic acid groups (broad SMARTS) is 1. The van der Waals surface area contributed by atoms with Gasteiger partial charge in [-0.05, 0) is 17.5 Å². The van der Waals surface area contributed by atoms with Gasteiger partial charge in [0.1, 0.15) is 0 Å². The highest BCUT2D eigenvalue weighted by Crippen LogP contribution is 2.32. The molecular formula is C11H14ClNO2. The number of hydrogen-bond donors (Lipinski definition) is 1. The molecule has 0 radical (unpaired) electrons. The van der Waals surface area contributed by atoms with Crippen molar-refractivity contribution < 1.29 is 9.90 Å². The summed E-state index contributed by atoms with van der Waals surface area (Å²) < 4.78 is 0. The van der Waals surface area contributed by atoms with Gasteiger partial charge in [-0.15, -0.1) is 0 Å². The van der Waals surface area contributed by atoms with Crippen LogP contribution in [0, 0.1) is 0 Å². The highest BCUT2D eigenvalue weighted by Gasteiger charge is 2.15. The van der Waals surface area contributed by atoms with Crippen molar-refractivity contribution in [3.05, 3.63) is 28.8 Å². The first-order valence-corrected chi connectivity index (χ1v) is 5.08. The second-order valence-corrected chi connectivity index (χ2v) is 4.05. The molecule has 0 heterocycles. The Hall–Kier alpha value is -1.22. The molecule has 1 aromatic rings. The molecule has 0 fully saturated rings. The molecule has 0 aliphatic carbocycles. The second-order valence-electron chi connectivity index (χ2n) is 3.68. The Morgan fingerprint density at radius 3 is 2.53 bits per heavy atom. The third-order valence-corrected chi connectivity index (χ3v) is 2.69. The summed E-state index contributed by atoms with van der Waals surface area (Å²) in [6.45, 7) is 4.04. The van der Waals surface area contributed by atoms with Gasteiger partial charge < -0.3 is 5.11 Å². The van der Waals surface area contributed by atoms with Crippen molar-refractivity contribution in [3.8, 4) is 0 Å². The summed E-state index contributed by atoms with van der Waals surface area (Å²) >= 11 is 6.14. The summed E-state index contributed by atoms with van der Waals surface area (Å²) in [5, 5.41) is 9.37. The second kappa shape index (κ2) is 4.53. The summed E-state index contributed by atoms with van der Waals surface area (Å²) in [6.07, 6.45) is -1.02. The quantitative estimate of drug-likeness (QED) is 0.839. The third-order valence-electron chi connectivity index (χ3n) is 2.28. The van der Waals surface area contributed by atoms with Crippen LogP contribution >= 0.6 is 11.6 Å². The fraction of sp³-hybridized carbons (Fsp3) is 0.364. The fourth-order valence-corrected chi connectivity index (χ4v) is 1.82. The van der Waals surface area contributed by atoms with E-state index in [2.05, 4.69) is 0 Å². The van der Waals surface area contributed by atoms with E-state index in [-0.39, 0.29) is 5.92 Å². The average Bonchev–Trinajstić information content (AvgIpc) is 2.16. The lowest BCUT2D eigenvalue weighted by atomic mass is 10.0. The average molecular weight is 228 g/mol. The van der Waals surface area contributed by atoms with Gasteiger partial charge in [-0.1, -0.05) is 37.6 Å². The van der Waals surface area contributed by atoms with Gasteiger partial charge in [-0.2, -0.15) is 0 Å². The van der Waals surface area contributed by atoms with Gasteiger partial charge in [-0.25, -0.2) is 4.79 Å². The summed E-state index contributed by atoms with van der Waals surface area (Å²) in [5.41, 5.74) is 1.48. The first-order chi connectivity index (χ1) is 6.95. The van der Waals surface area contributed by atoms with E-state index >= 15 is 0 Å². The largest absolute Gasteiger partial charge is 0.465 e. The predicted molar refractivity (Wildman–Crippen MR) is 62.0 cm³/mol. The van der Waals surface area contributed by atoms with Crippen molar-refractivity contribution in [2.45, 2.75) is 19.8 Å². The van der Waals surface area contributed by atoms with Crippen LogP contribution in [0.4, 0.5) is 10.5 Å². The van der Waals surface area contributed by atoms with Gasteiger partial charge >= 0.3 is 6.09 Å². The van der Waals surface area contributed by atoms with Crippen LogP contribution in [0.5, 0.6) is 0 Å². The van der Waals surface area contributed by atoms with Crippen molar-refractivity contribution in [2.75, 3.05) is 11.9 Å². The van der Waals surface area contributed by atoms with E-state index in [1.54, 1.807) is 6.07 Å². The molecule has 82 valence electrons. The molecule has 3 nitrogen and oxygen atoms in total. The highest BCUT2D eigenvalue weighted by atomic mass is 35.5. The van der Waals surface area contributed by atoms with Gasteiger partial charge in [0.05, 0.1) is 10.7 Å². The Kier molecular flexibility index (Phi) is 3.58. The maximum atomic E-state index is 10.8. The summed E-state index contributed by atoms with van der Waals surface area (Å²) in [5.74, 6) is 0.277. The van der Waals surface area contributed by atoms with Crippen LogP contribution in [0.1, 0.15) is 25.3 Å². The lowest BCUT2D eigenvalue weighted by molar-refractivity contribution is 0.203. The molecular weight excluding hydrogens is 214 g/mol. The minimum Gasteiger partial charge on any atom is -0.465 e. The third kappa shape index (κ3) is 2.42. The number of benzene rings is 1. The van der Waals surface area contributed by atoms with Gasteiger partial charge in [0.2, 0.25) is 0 Å². The minimum atomic E-state index is -1.02. The molecule has 0 bridgehead atoms. The summed E-state index contributed by atoms with van der Waals surface area (Å²) in [7, 11) is 1.48. The Balaban J connectivity index is 3.21. The standard InChI is InChI=1S/C11H14ClNO2/c1-7(2)8-5-4-6-9(10(8)12)13(3)11(14)15/h4-7H,1-3H3,(H,14,15). The summed E-state index contributed by atoms with van der Waals surface area (Å²) in [6, 6.07) is 5.42. The van der Waals surface area contributed by atoms with E-state index < -0.39 is 6.09 Å². The van der Waals surface area contributed by atoms with E-state index in [4.69, 9.17) is 16.7 Å². The number of rotatable bonds is 2. The Labute approximate surface area is 94.3 Å². The van der Waals surface area contributed by atoms with E-state index in [1.807, 2.05) is 26.0 Å². The van der Waals surface area contributed by atoms with Gasteiger partial charge in [0, 0.05) is 7.05 Å². The first-order valence-electron chi connectivity index (χ1n) is 4.70. The molecule has 15 heavy (non-hydrogen) atoms. The van der Waals surface area contributed by atoms with Crippen molar-refractivity contribution in [3.63, 3.8) is 0 Å². The fourth-order valence-electron chi connectivity index (χ4n) is 1.35. The molecule has 1 N–H and O–H groups in total. The van der Waals surface area contributed by atoms with E-state index in [0.29, 0.717) is 10.7 Å². The zero-order valence-electron chi connectivity index (χ0n) is 8.99. The van der Waals surface area contributed by atoms with Crippen LogP contribution in [0.15, 0.2) is 18.2 Å². The Morgan fingerprint density at radius 2 is 2.07 bits per heavy atom. The molecule has 0 spiro atoms. The zero-order chi connectivity index (χ0) is 11.6. The Morgan fingerprint density at radius 1 is 1.47 bits per heavy atom. The van der Waals surface area contributed by atoms with Crippen LogP contribution in [-0.4, -0.2) is 18.2 Å². The molecule has 1 rings (SSSR count). The maximum Gasteiger partial charge on any atom is 0.411 e. The molecule has 0 aromatic heterocycles. The Bertz CT molecular complexity index is 377. The minimum absolute atomic E-state index is 0.277. The van der Waals surface area contributed by atoms with Gasteiger partial charge in [0.25, 0.3) is 0 Å². The highest BCUT2D eigenvalue weighted by molar-refractivity contribution is 6.34. The van der Waals surface area contributed by atoms with Gasteiger partial charge in [0.15, 0.2) is 0 Å². The van der Waals surface area contributed by atoms with Crippen molar-refractivity contribution in [2.24, 2.45) is 0 Å². The number of anilines is 1. The number of amides is 1. The van der Waals surface area contributed by atoms with Crippen LogP contribution in [-0.2, 0) is 0 Å². The van der Waals surface area contributed by atoms with Crippen LogP contribution in [0.2, 0.25) is 5.02 Å². The van der Waals surface area contributed by atoms with Crippen LogP contribution < -0.4 is 4.90 Å². The SMILES string of the molecule is CC(C)c1cccc(N(C)C(=O)O)c1Cl.